The highest BCUT2D eigenvalue weighted by Gasteiger charge is 2.20. The third-order valence-corrected chi connectivity index (χ3v) is 4.49. The van der Waals surface area contributed by atoms with Gasteiger partial charge < -0.3 is 19.6 Å². The first-order valence-electron chi connectivity index (χ1n) is 8.20. The molecular weight excluding hydrogens is 304 g/mol. The van der Waals surface area contributed by atoms with Gasteiger partial charge in [0, 0.05) is 11.3 Å². The van der Waals surface area contributed by atoms with Crippen molar-refractivity contribution in [3.63, 3.8) is 0 Å². The number of quaternary nitrogens is 1. The maximum Gasteiger partial charge on any atom is 0.337 e. The quantitative estimate of drug-likeness (QED) is 0.826. The monoisotopic (exact) mass is 327 g/mol. The molecule has 126 valence electrons. The lowest BCUT2D eigenvalue weighted by Crippen LogP contribution is -3.13. The zero-order chi connectivity index (χ0) is 16.9. The number of hydrogen-bond acceptors (Lipinski definition) is 4. The Bertz CT molecular complexity index is 692. The number of ether oxygens (including phenoxy) is 1. The Morgan fingerprint density at radius 3 is 2.54 bits per heavy atom. The number of methoxy groups -OCH3 is 1. The topological polar surface area (TPSA) is 54.2 Å². The summed E-state index contributed by atoms with van der Waals surface area (Å²) in [7, 11) is 1.41. The average molecular weight is 327 g/mol. The van der Waals surface area contributed by atoms with Crippen LogP contribution in [0, 0.1) is 0 Å². The number of nitrogens with one attached hydrogen (secondary N) is 1. The van der Waals surface area contributed by atoms with Gasteiger partial charge in [-0.25, -0.2) is 4.79 Å². The van der Waals surface area contributed by atoms with Crippen LogP contribution >= 0.6 is 0 Å². The Kier molecular flexibility index (Phi) is 5.01. The number of esters is 1. The smallest absolute Gasteiger partial charge is 0.337 e. The lowest BCUT2D eigenvalue weighted by molar-refractivity contribution is -0.914. The molecule has 0 bridgehead atoms. The van der Waals surface area contributed by atoms with Crippen molar-refractivity contribution in [2.24, 2.45) is 0 Å². The maximum absolute atomic E-state index is 11.6. The van der Waals surface area contributed by atoms with Gasteiger partial charge in [-0.2, -0.15) is 0 Å². The first kappa shape index (κ1) is 16.3. The number of piperazine rings is 1. The summed E-state index contributed by atoms with van der Waals surface area (Å²) in [6.45, 7) is 4.97. The molecule has 0 aromatic heterocycles. The van der Waals surface area contributed by atoms with E-state index in [9.17, 15) is 9.90 Å². The summed E-state index contributed by atoms with van der Waals surface area (Å²) in [5.41, 5.74) is 2.92. The molecule has 3 rings (SSSR count). The van der Waals surface area contributed by atoms with Gasteiger partial charge in [-0.15, -0.1) is 0 Å². The highest BCUT2D eigenvalue weighted by atomic mass is 16.5. The molecule has 1 aliphatic heterocycles. The van der Waals surface area contributed by atoms with Crippen molar-refractivity contribution in [1.82, 2.24) is 0 Å². The minimum absolute atomic E-state index is 0.288. The lowest BCUT2D eigenvalue weighted by atomic mass is 10.1. The highest BCUT2D eigenvalue weighted by molar-refractivity contribution is 5.89. The van der Waals surface area contributed by atoms with Crippen LogP contribution in [0.15, 0.2) is 48.5 Å². The molecular formula is C19H23N2O3+. The van der Waals surface area contributed by atoms with Crippen LogP contribution in [0.25, 0.3) is 0 Å². The van der Waals surface area contributed by atoms with E-state index in [-0.39, 0.29) is 5.97 Å². The SMILES string of the molecule is COC(=O)c1cccc(C[NH+]2CCN(c3ccc(O)cc3)CC2)c1. The first-order chi connectivity index (χ1) is 11.7. The fourth-order valence-electron chi connectivity index (χ4n) is 3.14. The fraction of sp³-hybridized carbons (Fsp3) is 0.316. The Morgan fingerprint density at radius 1 is 1.17 bits per heavy atom. The molecule has 0 unspecified atom stereocenters. The van der Waals surface area contributed by atoms with E-state index in [4.69, 9.17) is 4.74 Å². The van der Waals surface area contributed by atoms with Crippen LogP contribution in [0.5, 0.6) is 5.75 Å². The van der Waals surface area contributed by atoms with E-state index in [1.54, 1.807) is 18.2 Å². The van der Waals surface area contributed by atoms with Gasteiger partial charge in [-0.3, -0.25) is 0 Å². The second-order valence-electron chi connectivity index (χ2n) is 6.12. The number of nitrogens with zero attached hydrogens (tertiary/aromatic N) is 1. The molecule has 0 amide bonds. The van der Waals surface area contributed by atoms with E-state index in [1.807, 2.05) is 24.3 Å². The lowest BCUT2D eigenvalue weighted by Gasteiger charge is -2.33. The van der Waals surface area contributed by atoms with Crippen LogP contribution in [-0.4, -0.2) is 44.4 Å². The number of carbonyl (C=O) groups excluding carboxylic acids is 1. The second-order valence-corrected chi connectivity index (χ2v) is 6.12. The summed E-state index contributed by atoms with van der Waals surface area (Å²) in [6.07, 6.45) is 0. The number of aromatic hydroxyl groups is 1. The van der Waals surface area contributed by atoms with E-state index in [0.29, 0.717) is 11.3 Å². The van der Waals surface area contributed by atoms with Gasteiger partial charge in [0.1, 0.15) is 12.3 Å². The van der Waals surface area contributed by atoms with Crippen LogP contribution in [0.1, 0.15) is 15.9 Å². The number of benzene rings is 2. The Balaban J connectivity index is 1.57. The molecule has 2 aromatic rings. The van der Waals surface area contributed by atoms with Crippen molar-refractivity contribution in [1.29, 1.82) is 0 Å². The zero-order valence-corrected chi connectivity index (χ0v) is 13.9. The number of phenolic OH excluding ortho intramolecular Hbond substituents is 1. The Hall–Kier alpha value is -2.53. The first-order valence-corrected chi connectivity index (χ1v) is 8.20. The average Bonchev–Trinajstić information content (AvgIpc) is 2.63. The number of phenols is 1. The Labute approximate surface area is 142 Å². The van der Waals surface area contributed by atoms with E-state index >= 15 is 0 Å². The molecule has 5 nitrogen and oxygen atoms in total. The molecule has 0 saturated carbocycles. The second kappa shape index (κ2) is 7.36. The van der Waals surface area contributed by atoms with Crippen LogP contribution in [0.2, 0.25) is 0 Å². The molecule has 0 aliphatic carbocycles. The summed E-state index contributed by atoms with van der Waals surface area (Å²) >= 11 is 0. The van der Waals surface area contributed by atoms with Crippen molar-refractivity contribution in [3.05, 3.63) is 59.7 Å². The van der Waals surface area contributed by atoms with Gasteiger partial charge in [0.2, 0.25) is 0 Å². The van der Waals surface area contributed by atoms with Crippen LogP contribution < -0.4 is 9.80 Å². The number of carbonyl (C=O) groups is 1. The molecule has 1 aliphatic rings. The van der Waals surface area contributed by atoms with Crippen molar-refractivity contribution < 1.29 is 19.5 Å². The molecule has 2 N–H and O–H groups in total. The number of hydrogen-bond donors (Lipinski definition) is 2. The van der Waals surface area contributed by atoms with Gasteiger partial charge in [-0.05, 0) is 36.4 Å². The van der Waals surface area contributed by atoms with Crippen LogP contribution in [0.4, 0.5) is 5.69 Å². The molecule has 1 heterocycles. The van der Waals surface area contributed by atoms with Crippen molar-refractivity contribution >= 4 is 11.7 Å². The molecule has 0 radical (unpaired) electrons. The summed E-state index contributed by atoms with van der Waals surface area (Å²) in [6, 6.07) is 15.1. The van der Waals surface area contributed by atoms with Crippen LogP contribution in [-0.2, 0) is 11.3 Å². The minimum atomic E-state index is -0.288. The largest absolute Gasteiger partial charge is 0.508 e. The number of rotatable bonds is 4. The van der Waals surface area contributed by atoms with Crippen molar-refractivity contribution in [3.8, 4) is 5.75 Å². The molecule has 0 atom stereocenters. The third-order valence-electron chi connectivity index (χ3n) is 4.49. The highest BCUT2D eigenvalue weighted by Crippen LogP contribution is 2.18. The Morgan fingerprint density at radius 2 is 1.88 bits per heavy atom. The summed E-state index contributed by atoms with van der Waals surface area (Å²) in [5.74, 6) is 0.0116. The number of anilines is 1. The van der Waals surface area contributed by atoms with Crippen molar-refractivity contribution in [2.45, 2.75) is 6.54 Å². The maximum atomic E-state index is 11.6. The van der Waals surface area contributed by atoms with E-state index < -0.39 is 0 Å². The summed E-state index contributed by atoms with van der Waals surface area (Å²) in [5, 5.41) is 9.38. The van der Waals surface area contributed by atoms with E-state index in [2.05, 4.69) is 11.0 Å². The molecule has 2 aromatic carbocycles. The van der Waals surface area contributed by atoms with Gasteiger partial charge in [0.25, 0.3) is 0 Å². The van der Waals surface area contributed by atoms with Gasteiger partial charge in [0.05, 0.1) is 38.9 Å². The van der Waals surface area contributed by atoms with E-state index in [0.717, 1.165) is 44.0 Å². The van der Waals surface area contributed by atoms with E-state index in [1.165, 1.54) is 12.0 Å². The minimum Gasteiger partial charge on any atom is -0.508 e. The molecule has 0 spiro atoms. The van der Waals surface area contributed by atoms with Gasteiger partial charge in [-0.1, -0.05) is 12.1 Å². The summed E-state index contributed by atoms with van der Waals surface area (Å²) in [4.78, 5) is 15.5. The third kappa shape index (κ3) is 3.86. The molecule has 24 heavy (non-hydrogen) atoms. The predicted molar refractivity (Wildman–Crippen MR) is 92.5 cm³/mol. The zero-order valence-electron chi connectivity index (χ0n) is 13.9. The molecule has 5 heteroatoms. The van der Waals surface area contributed by atoms with Gasteiger partial charge >= 0.3 is 5.97 Å². The molecule has 1 fully saturated rings. The van der Waals surface area contributed by atoms with Crippen LogP contribution in [0.3, 0.4) is 0 Å². The van der Waals surface area contributed by atoms with Crippen molar-refractivity contribution in [2.75, 3.05) is 38.2 Å². The summed E-state index contributed by atoms with van der Waals surface area (Å²) < 4.78 is 4.78. The standard InChI is InChI=1S/C19H22N2O3/c1-24-19(23)16-4-2-3-15(13-16)14-20-9-11-21(12-10-20)17-5-7-18(22)8-6-17/h2-8,13,22H,9-12,14H2,1H3/p+1. The molecule has 1 saturated heterocycles. The predicted octanol–water partition coefficient (Wildman–Crippen LogP) is 1.08. The van der Waals surface area contributed by atoms with Gasteiger partial charge in [0.15, 0.2) is 0 Å². The fourth-order valence-corrected chi connectivity index (χ4v) is 3.14. The normalized spacial score (nSPS) is 15.3.